The Bertz CT molecular complexity index is 714. The van der Waals surface area contributed by atoms with Crippen LogP contribution in [0, 0.1) is 12.8 Å². The summed E-state index contributed by atoms with van der Waals surface area (Å²) in [7, 11) is -3.83. The summed E-state index contributed by atoms with van der Waals surface area (Å²) in [6.07, 6.45) is -0.751. The summed E-state index contributed by atoms with van der Waals surface area (Å²) >= 11 is 0. The van der Waals surface area contributed by atoms with Crippen molar-refractivity contribution in [3.8, 4) is 0 Å². The standard InChI is InChI=1S/C19H27FO6S/c1-4-25-19(22)18(15(3)21)13-16(20)7-5-6-12-26-27(23,24)17-10-8-14(2)9-11-17/h8-11,16,18H,4-7,12-13H2,1-3H3. The molecule has 1 aromatic carbocycles. The number of alkyl halides is 1. The van der Waals surface area contributed by atoms with Crippen molar-refractivity contribution < 1.29 is 31.3 Å². The molecule has 0 saturated heterocycles. The van der Waals surface area contributed by atoms with E-state index < -0.39 is 34.0 Å². The quantitative estimate of drug-likeness (QED) is 0.231. The molecule has 8 heteroatoms. The molecule has 0 saturated carbocycles. The molecule has 2 unspecified atom stereocenters. The first kappa shape index (κ1) is 23.2. The number of aryl methyl sites for hydroxylation is 1. The third-order valence-corrected chi connectivity index (χ3v) is 5.34. The predicted octanol–water partition coefficient (Wildman–Crippen LogP) is 3.37. The highest BCUT2D eigenvalue weighted by Crippen LogP contribution is 2.18. The smallest absolute Gasteiger partial charge is 0.316 e. The van der Waals surface area contributed by atoms with Gasteiger partial charge in [0.2, 0.25) is 0 Å². The Labute approximate surface area is 160 Å². The molecule has 0 heterocycles. The van der Waals surface area contributed by atoms with Crippen LogP contribution in [0.5, 0.6) is 0 Å². The van der Waals surface area contributed by atoms with Crippen molar-refractivity contribution in [2.45, 2.75) is 57.5 Å². The number of ether oxygens (including phenoxy) is 1. The van der Waals surface area contributed by atoms with Crippen LogP contribution in [0.3, 0.4) is 0 Å². The Balaban J connectivity index is 2.37. The summed E-state index contributed by atoms with van der Waals surface area (Å²) in [5, 5.41) is 0. The van der Waals surface area contributed by atoms with Gasteiger partial charge in [0.15, 0.2) is 0 Å². The van der Waals surface area contributed by atoms with Crippen molar-refractivity contribution >= 4 is 21.9 Å². The van der Waals surface area contributed by atoms with Gasteiger partial charge in [-0.25, -0.2) is 4.39 Å². The van der Waals surface area contributed by atoms with Gasteiger partial charge in [-0.05, 0) is 58.6 Å². The minimum Gasteiger partial charge on any atom is -0.465 e. The van der Waals surface area contributed by atoms with Crippen molar-refractivity contribution in [3.05, 3.63) is 29.8 Å². The van der Waals surface area contributed by atoms with E-state index in [-0.39, 0.29) is 31.0 Å². The molecule has 0 aliphatic rings. The molecule has 0 aliphatic heterocycles. The Kier molecular flexibility index (Phi) is 9.59. The first-order valence-electron chi connectivity index (χ1n) is 8.94. The Morgan fingerprint density at radius 2 is 1.78 bits per heavy atom. The Morgan fingerprint density at radius 1 is 1.15 bits per heavy atom. The van der Waals surface area contributed by atoms with E-state index in [0.29, 0.717) is 12.8 Å². The van der Waals surface area contributed by atoms with E-state index in [1.807, 2.05) is 6.92 Å². The van der Waals surface area contributed by atoms with Crippen LogP contribution in [-0.4, -0.2) is 39.6 Å². The van der Waals surface area contributed by atoms with Crippen LogP contribution in [0.15, 0.2) is 29.2 Å². The molecule has 1 rings (SSSR count). The maximum absolute atomic E-state index is 14.1. The highest BCUT2D eigenvalue weighted by atomic mass is 32.2. The zero-order valence-corrected chi connectivity index (χ0v) is 16.8. The van der Waals surface area contributed by atoms with Crippen molar-refractivity contribution in [2.75, 3.05) is 13.2 Å². The number of benzene rings is 1. The average molecular weight is 402 g/mol. The molecule has 27 heavy (non-hydrogen) atoms. The molecular formula is C19H27FO6S. The second kappa shape index (κ2) is 11.1. The largest absolute Gasteiger partial charge is 0.465 e. The van der Waals surface area contributed by atoms with E-state index >= 15 is 0 Å². The minimum atomic E-state index is -3.83. The van der Waals surface area contributed by atoms with Crippen LogP contribution in [-0.2, 0) is 28.6 Å². The lowest BCUT2D eigenvalue weighted by Gasteiger charge is -2.15. The lowest BCUT2D eigenvalue weighted by atomic mass is 9.96. The summed E-state index contributed by atoms with van der Waals surface area (Å²) in [6, 6.07) is 6.30. The van der Waals surface area contributed by atoms with Gasteiger partial charge in [0.25, 0.3) is 10.1 Å². The van der Waals surface area contributed by atoms with Crippen molar-refractivity contribution in [1.29, 1.82) is 0 Å². The first-order chi connectivity index (χ1) is 12.7. The van der Waals surface area contributed by atoms with Crippen LogP contribution < -0.4 is 0 Å². The number of hydrogen-bond acceptors (Lipinski definition) is 6. The van der Waals surface area contributed by atoms with Gasteiger partial charge in [0.05, 0.1) is 18.1 Å². The maximum atomic E-state index is 14.1. The number of Topliss-reactive ketones (excluding diaryl/α,β-unsaturated/α-hetero) is 1. The molecule has 1 aromatic rings. The van der Waals surface area contributed by atoms with Crippen LogP contribution in [0.4, 0.5) is 4.39 Å². The summed E-state index contributed by atoms with van der Waals surface area (Å²) in [5.74, 6) is -2.23. The second-order valence-corrected chi connectivity index (χ2v) is 7.95. The molecule has 0 aliphatic carbocycles. The van der Waals surface area contributed by atoms with Crippen LogP contribution in [0.1, 0.15) is 45.1 Å². The maximum Gasteiger partial charge on any atom is 0.316 e. The number of hydrogen-bond donors (Lipinski definition) is 0. The zero-order valence-electron chi connectivity index (χ0n) is 15.9. The van der Waals surface area contributed by atoms with Gasteiger partial charge in [0, 0.05) is 0 Å². The lowest BCUT2D eigenvalue weighted by Crippen LogP contribution is -2.27. The number of ketones is 1. The second-order valence-electron chi connectivity index (χ2n) is 6.33. The average Bonchev–Trinajstić information content (AvgIpc) is 2.59. The minimum absolute atomic E-state index is 0.0586. The molecule has 152 valence electrons. The molecule has 0 fully saturated rings. The van der Waals surface area contributed by atoms with Crippen LogP contribution in [0.25, 0.3) is 0 Å². The third kappa shape index (κ3) is 8.17. The van der Waals surface area contributed by atoms with E-state index in [4.69, 9.17) is 8.92 Å². The van der Waals surface area contributed by atoms with Gasteiger partial charge >= 0.3 is 5.97 Å². The van der Waals surface area contributed by atoms with E-state index in [1.165, 1.54) is 19.1 Å². The molecule has 0 bridgehead atoms. The SMILES string of the molecule is CCOC(=O)C(CC(F)CCCCOS(=O)(=O)c1ccc(C)cc1)C(C)=O. The fourth-order valence-electron chi connectivity index (χ4n) is 2.45. The normalized spacial score (nSPS) is 13.8. The van der Waals surface area contributed by atoms with Gasteiger partial charge in [-0.1, -0.05) is 17.7 Å². The summed E-state index contributed by atoms with van der Waals surface area (Å²) in [4.78, 5) is 23.2. The summed E-state index contributed by atoms with van der Waals surface area (Å²) in [5.41, 5.74) is 0.939. The van der Waals surface area contributed by atoms with Crippen LogP contribution in [0.2, 0.25) is 0 Å². The first-order valence-corrected chi connectivity index (χ1v) is 10.4. The number of carbonyl (C=O) groups excluding carboxylic acids is 2. The molecule has 0 amide bonds. The van der Waals surface area contributed by atoms with Gasteiger partial charge in [0.1, 0.15) is 17.9 Å². The number of halogens is 1. The molecule has 0 spiro atoms. The van der Waals surface area contributed by atoms with E-state index in [0.717, 1.165) is 5.56 Å². The third-order valence-electron chi connectivity index (χ3n) is 4.01. The monoisotopic (exact) mass is 402 g/mol. The topological polar surface area (TPSA) is 86.7 Å². The Morgan fingerprint density at radius 3 is 2.33 bits per heavy atom. The highest BCUT2D eigenvalue weighted by Gasteiger charge is 2.28. The number of esters is 1. The molecule has 0 radical (unpaired) electrons. The fourth-order valence-corrected chi connectivity index (χ4v) is 3.40. The van der Waals surface area contributed by atoms with Gasteiger partial charge < -0.3 is 4.74 Å². The van der Waals surface area contributed by atoms with Gasteiger partial charge in [-0.3, -0.25) is 13.8 Å². The molecule has 2 atom stereocenters. The highest BCUT2D eigenvalue weighted by molar-refractivity contribution is 7.86. The number of rotatable bonds is 12. The lowest BCUT2D eigenvalue weighted by molar-refractivity contribution is -0.152. The van der Waals surface area contributed by atoms with E-state index in [2.05, 4.69) is 0 Å². The van der Waals surface area contributed by atoms with Crippen LogP contribution >= 0.6 is 0 Å². The number of carbonyl (C=O) groups is 2. The van der Waals surface area contributed by atoms with Crippen molar-refractivity contribution in [1.82, 2.24) is 0 Å². The summed E-state index contributed by atoms with van der Waals surface area (Å²) in [6.45, 7) is 4.78. The van der Waals surface area contributed by atoms with Crippen molar-refractivity contribution in [2.24, 2.45) is 5.92 Å². The molecule has 6 nitrogen and oxygen atoms in total. The Hall–Kier alpha value is -1.80. The van der Waals surface area contributed by atoms with E-state index in [1.54, 1.807) is 19.1 Å². The van der Waals surface area contributed by atoms with Crippen molar-refractivity contribution in [3.63, 3.8) is 0 Å². The number of unbranched alkanes of at least 4 members (excludes halogenated alkanes) is 1. The molecule has 0 aromatic heterocycles. The summed E-state index contributed by atoms with van der Waals surface area (Å²) < 4.78 is 47.8. The predicted molar refractivity (Wildman–Crippen MR) is 98.5 cm³/mol. The fraction of sp³-hybridized carbons (Fsp3) is 0.579. The molecule has 0 N–H and O–H groups in total. The van der Waals surface area contributed by atoms with E-state index in [9.17, 15) is 22.4 Å². The molecular weight excluding hydrogens is 375 g/mol. The van der Waals surface area contributed by atoms with Gasteiger partial charge in [-0.15, -0.1) is 0 Å². The van der Waals surface area contributed by atoms with Gasteiger partial charge in [-0.2, -0.15) is 8.42 Å². The zero-order chi connectivity index (χ0) is 20.4.